The number of aromatic nitrogens is 1. The van der Waals surface area contributed by atoms with E-state index in [0.717, 1.165) is 40.6 Å². The first-order valence-corrected chi connectivity index (χ1v) is 12.9. The van der Waals surface area contributed by atoms with Crippen LogP contribution in [0, 0.1) is 18.3 Å². The molecule has 1 atom stereocenters. The summed E-state index contributed by atoms with van der Waals surface area (Å²) in [6, 6.07) is 8.85. The number of esters is 1. The third-order valence-corrected chi connectivity index (χ3v) is 7.69. The number of halogens is 1. The van der Waals surface area contributed by atoms with Gasteiger partial charge >= 0.3 is 12.0 Å². The van der Waals surface area contributed by atoms with E-state index < -0.39 is 12.0 Å². The molecule has 2 aliphatic rings. The van der Waals surface area contributed by atoms with Crippen LogP contribution in [0.4, 0.5) is 4.79 Å². The Kier molecular flexibility index (Phi) is 7.29. The molecule has 7 nitrogen and oxygen atoms in total. The van der Waals surface area contributed by atoms with E-state index in [2.05, 4.69) is 27.3 Å². The maximum Gasteiger partial charge on any atom is 0.338 e. The molecule has 34 heavy (non-hydrogen) atoms. The van der Waals surface area contributed by atoms with Gasteiger partial charge in [-0.05, 0) is 61.9 Å². The monoisotopic (exact) mass is 540 g/mol. The molecule has 0 spiro atoms. The Morgan fingerprint density at radius 3 is 2.71 bits per heavy atom. The predicted molar refractivity (Wildman–Crippen MR) is 133 cm³/mol. The number of amides is 2. The minimum atomic E-state index is -0.642. The summed E-state index contributed by atoms with van der Waals surface area (Å²) in [4.78, 5) is 32.1. The molecule has 9 heteroatoms. The zero-order chi connectivity index (χ0) is 24.4. The average Bonchev–Trinajstić information content (AvgIpc) is 3.31. The number of rotatable bonds is 6. The number of hydrogen-bond acceptors (Lipinski definition) is 6. The number of aryl methyl sites for hydroxylation is 1. The third kappa shape index (κ3) is 4.57. The normalized spacial score (nSPS) is 17.3. The molecule has 0 fully saturated rings. The minimum absolute atomic E-state index is 0.220. The van der Waals surface area contributed by atoms with Gasteiger partial charge in [-0.25, -0.2) is 14.6 Å². The molecule has 1 aliphatic heterocycles. The van der Waals surface area contributed by atoms with Gasteiger partial charge in [0.05, 0.1) is 23.8 Å². The molecule has 1 aromatic heterocycles. The number of nitrogens with one attached hydrogen (secondary N) is 1. The molecule has 0 saturated carbocycles. The number of pyridine rings is 1. The number of hydrogen-bond donors (Lipinski definition) is 1. The molecule has 1 aliphatic carbocycles. The summed E-state index contributed by atoms with van der Waals surface area (Å²) >= 11 is 4.80. The number of thioether (sulfide) groups is 1. The standard InChI is InChI=1S/C25H25BrN4O3S/c1-4-33-24(31)21-20(30(3)25(32)29-22(21)15-8-10-16(26)11-9-15)13-34-23-19(12-27)18-7-5-6-17(18)14(2)28-23/h8-11,22H,4-7,13H2,1-3H3,(H,29,32). The van der Waals surface area contributed by atoms with Gasteiger partial charge < -0.3 is 10.1 Å². The molecule has 0 saturated heterocycles. The second-order valence-electron chi connectivity index (χ2n) is 8.16. The van der Waals surface area contributed by atoms with Crippen molar-refractivity contribution in [1.82, 2.24) is 15.2 Å². The highest BCUT2D eigenvalue weighted by atomic mass is 79.9. The van der Waals surface area contributed by atoms with E-state index in [1.807, 2.05) is 31.2 Å². The Bertz CT molecular complexity index is 1220. The maximum atomic E-state index is 13.1. The Balaban J connectivity index is 1.76. The van der Waals surface area contributed by atoms with Crippen molar-refractivity contribution in [2.24, 2.45) is 0 Å². The Hall–Kier alpha value is -2.83. The summed E-state index contributed by atoms with van der Waals surface area (Å²) in [7, 11) is 1.63. The van der Waals surface area contributed by atoms with Crippen molar-refractivity contribution in [3.05, 3.63) is 68.0 Å². The van der Waals surface area contributed by atoms with Crippen LogP contribution in [0.3, 0.4) is 0 Å². The quantitative estimate of drug-likeness (QED) is 0.416. The topological polar surface area (TPSA) is 95.3 Å². The number of nitrogens with zero attached hydrogens (tertiary/aromatic N) is 3. The second kappa shape index (κ2) is 10.2. The first kappa shape index (κ1) is 24.3. The molecule has 0 radical (unpaired) electrons. The van der Waals surface area contributed by atoms with Crippen LogP contribution in [0.2, 0.25) is 0 Å². The van der Waals surface area contributed by atoms with E-state index in [0.29, 0.717) is 27.6 Å². The smallest absolute Gasteiger partial charge is 0.338 e. The first-order chi connectivity index (χ1) is 16.3. The molecular weight excluding hydrogens is 516 g/mol. The van der Waals surface area contributed by atoms with Gasteiger partial charge in [-0.15, -0.1) is 0 Å². The number of carbonyl (C=O) groups excluding carboxylic acids is 2. The van der Waals surface area contributed by atoms with E-state index >= 15 is 0 Å². The van der Waals surface area contributed by atoms with Crippen LogP contribution in [0.1, 0.15) is 47.3 Å². The first-order valence-electron chi connectivity index (χ1n) is 11.1. The zero-order valence-electron chi connectivity index (χ0n) is 19.3. The van der Waals surface area contributed by atoms with Gasteiger partial charge in [-0.2, -0.15) is 5.26 Å². The number of ether oxygens (including phenoxy) is 1. The Labute approximate surface area is 211 Å². The van der Waals surface area contributed by atoms with Crippen molar-refractivity contribution in [2.45, 2.75) is 44.2 Å². The van der Waals surface area contributed by atoms with Gasteiger partial charge in [-0.1, -0.05) is 39.8 Å². The molecule has 1 N–H and O–H groups in total. The van der Waals surface area contributed by atoms with Crippen molar-refractivity contribution in [3.8, 4) is 6.07 Å². The van der Waals surface area contributed by atoms with E-state index in [-0.39, 0.29) is 12.6 Å². The van der Waals surface area contributed by atoms with Crippen molar-refractivity contribution in [1.29, 1.82) is 5.26 Å². The fourth-order valence-corrected chi connectivity index (χ4v) is 5.87. The lowest BCUT2D eigenvalue weighted by atomic mass is 9.95. The molecule has 1 unspecified atom stereocenters. The summed E-state index contributed by atoms with van der Waals surface area (Å²) in [5.74, 6) is -0.179. The van der Waals surface area contributed by atoms with Crippen LogP contribution < -0.4 is 5.32 Å². The lowest BCUT2D eigenvalue weighted by Gasteiger charge is -2.34. The summed E-state index contributed by atoms with van der Waals surface area (Å²) in [6.45, 7) is 3.95. The highest BCUT2D eigenvalue weighted by Crippen LogP contribution is 2.37. The van der Waals surface area contributed by atoms with Gasteiger partial charge in [0, 0.05) is 28.7 Å². The van der Waals surface area contributed by atoms with E-state index in [1.54, 1.807) is 14.0 Å². The van der Waals surface area contributed by atoms with Crippen molar-refractivity contribution >= 4 is 39.7 Å². The molecule has 2 amide bonds. The number of urea groups is 1. The Morgan fingerprint density at radius 1 is 1.32 bits per heavy atom. The lowest BCUT2D eigenvalue weighted by Crippen LogP contribution is -2.47. The minimum Gasteiger partial charge on any atom is -0.463 e. The largest absolute Gasteiger partial charge is 0.463 e. The van der Waals surface area contributed by atoms with Gasteiger partial charge in [-0.3, -0.25) is 4.90 Å². The van der Waals surface area contributed by atoms with E-state index in [4.69, 9.17) is 9.72 Å². The number of carbonyl (C=O) groups is 2. The molecule has 1 aromatic carbocycles. The summed E-state index contributed by atoms with van der Waals surface area (Å²) < 4.78 is 6.28. The zero-order valence-corrected chi connectivity index (χ0v) is 21.7. The summed E-state index contributed by atoms with van der Waals surface area (Å²) in [5.41, 5.74) is 5.51. The predicted octanol–water partition coefficient (Wildman–Crippen LogP) is 4.82. The van der Waals surface area contributed by atoms with Crippen LogP contribution in [0.15, 0.2) is 45.0 Å². The van der Waals surface area contributed by atoms with Gasteiger partial charge in [0.1, 0.15) is 11.1 Å². The second-order valence-corrected chi connectivity index (χ2v) is 10.0. The van der Waals surface area contributed by atoms with E-state index in [1.165, 1.54) is 22.2 Å². The molecule has 2 heterocycles. The fraction of sp³-hybridized carbons (Fsp3) is 0.360. The van der Waals surface area contributed by atoms with Crippen LogP contribution in [-0.2, 0) is 22.4 Å². The average molecular weight is 541 g/mol. The summed E-state index contributed by atoms with van der Waals surface area (Å²) in [6.07, 6.45) is 2.85. The summed E-state index contributed by atoms with van der Waals surface area (Å²) in [5, 5.41) is 13.4. The van der Waals surface area contributed by atoms with Crippen LogP contribution in [0.25, 0.3) is 0 Å². The van der Waals surface area contributed by atoms with Crippen molar-refractivity contribution in [3.63, 3.8) is 0 Å². The molecule has 4 rings (SSSR count). The molecule has 0 bridgehead atoms. The third-order valence-electron chi connectivity index (χ3n) is 6.17. The van der Waals surface area contributed by atoms with Gasteiger partial charge in [0.25, 0.3) is 0 Å². The molecule has 2 aromatic rings. The number of nitriles is 1. The van der Waals surface area contributed by atoms with Crippen molar-refractivity contribution in [2.75, 3.05) is 19.4 Å². The van der Waals surface area contributed by atoms with Crippen LogP contribution in [-0.4, -0.2) is 41.3 Å². The Morgan fingerprint density at radius 2 is 2.03 bits per heavy atom. The van der Waals surface area contributed by atoms with Gasteiger partial charge in [0.15, 0.2) is 0 Å². The van der Waals surface area contributed by atoms with Crippen molar-refractivity contribution < 1.29 is 14.3 Å². The lowest BCUT2D eigenvalue weighted by molar-refractivity contribution is -0.139. The van der Waals surface area contributed by atoms with Crippen LogP contribution >= 0.6 is 27.7 Å². The maximum absolute atomic E-state index is 13.1. The van der Waals surface area contributed by atoms with Crippen LogP contribution in [0.5, 0.6) is 0 Å². The number of fused-ring (bicyclic) bond motifs is 1. The molecule has 176 valence electrons. The van der Waals surface area contributed by atoms with E-state index in [9.17, 15) is 14.9 Å². The number of benzene rings is 1. The SMILES string of the molecule is CCOC(=O)C1=C(CSc2nc(C)c3c(c2C#N)CCC3)N(C)C(=O)NC1c1ccc(Br)cc1. The highest BCUT2D eigenvalue weighted by molar-refractivity contribution is 9.10. The molecular formula is C25H25BrN4O3S. The van der Waals surface area contributed by atoms with Gasteiger partial charge in [0.2, 0.25) is 0 Å². The fourth-order valence-electron chi connectivity index (χ4n) is 4.47. The highest BCUT2D eigenvalue weighted by Gasteiger charge is 2.37.